The number of ether oxygens (including phenoxy) is 3. The first kappa shape index (κ1) is 37.8. The Hall–Kier alpha value is -5.06. The van der Waals surface area contributed by atoms with E-state index in [9.17, 15) is 28.9 Å². The van der Waals surface area contributed by atoms with Crippen LogP contribution in [0.4, 0.5) is 16.2 Å². The summed E-state index contributed by atoms with van der Waals surface area (Å²) in [6.07, 6.45) is -4.70. The summed E-state index contributed by atoms with van der Waals surface area (Å²) in [6, 6.07) is 8.57. The van der Waals surface area contributed by atoms with Gasteiger partial charge in [0.2, 0.25) is 11.9 Å². The highest BCUT2D eigenvalue weighted by Gasteiger charge is 2.61. The van der Waals surface area contributed by atoms with Crippen molar-refractivity contribution in [2.45, 2.75) is 63.3 Å². The third kappa shape index (κ3) is 6.66. The van der Waals surface area contributed by atoms with Crippen LogP contribution in [0.1, 0.15) is 43.6 Å². The Morgan fingerprint density at radius 2 is 1.82 bits per heavy atom. The maximum atomic E-state index is 15.8. The number of H-pyrrole nitrogens is 1. The lowest BCUT2D eigenvalue weighted by molar-refractivity contribution is -0.183. The maximum absolute atomic E-state index is 15.8. The predicted molar refractivity (Wildman–Crippen MR) is 190 cm³/mol. The van der Waals surface area contributed by atoms with E-state index in [0.717, 1.165) is 10.9 Å². The number of imidazole rings is 2. The number of hydrogen-bond acceptors (Lipinski definition) is 15. The van der Waals surface area contributed by atoms with Gasteiger partial charge in [-0.2, -0.15) is 4.98 Å². The lowest BCUT2D eigenvalue weighted by atomic mass is 9.91. The van der Waals surface area contributed by atoms with Gasteiger partial charge >= 0.3 is 7.82 Å². The number of carbonyl (C=O) groups excluding carboxylic acids is 2. The smallest absolute Gasteiger partial charge is 0.394 e. The average Bonchev–Trinajstić information content (AvgIpc) is 3.99. The van der Waals surface area contributed by atoms with Crippen molar-refractivity contribution in [1.29, 1.82) is 0 Å². The third-order valence-electron chi connectivity index (χ3n) is 10.0. The number of nitrogens with zero attached hydrogens (tertiary/aromatic N) is 7. The van der Waals surface area contributed by atoms with Gasteiger partial charge in [-0.1, -0.05) is 39.0 Å². The van der Waals surface area contributed by atoms with Gasteiger partial charge in [-0.3, -0.25) is 42.9 Å². The van der Waals surface area contributed by atoms with Crippen LogP contribution in [0, 0.1) is 11.8 Å². The number of amides is 2. The molecule has 2 bridgehead atoms. The quantitative estimate of drug-likeness (QED) is 0.113. The van der Waals surface area contributed by atoms with E-state index in [1.54, 1.807) is 48.7 Å². The number of phosphoric acid groups is 1. The van der Waals surface area contributed by atoms with Gasteiger partial charge < -0.3 is 29.5 Å². The van der Waals surface area contributed by atoms with Gasteiger partial charge in [0.05, 0.1) is 32.5 Å². The molecule has 56 heavy (non-hydrogen) atoms. The van der Waals surface area contributed by atoms with Crippen LogP contribution < -0.4 is 16.2 Å². The predicted octanol–water partition coefficient (Wildman–Crippen LogP) is 1.84. The van der Waals surface area contributed by atoms with Crippen molar-refractivity contribution in [2.24, 2.45) is 11.8 Å². The zero-order valence-electron chi connectivity index (χ0n) is 29.9. The second kappa shape index (κ2) is 14.5. The first-order valence-corrected chi connectivity index (χ1v) is 19.0. The number of aliphatic hydroxyl groups is 1. The largest absolute Gasteiger partial charge is 0.472 e. The third-order valence-corrected chi connectivity index (χ3v) is 11.0. The molecule has 23 heteroatoms. The van der Waals surface area contributed by atoms with Crippen LogP contribution in [-0.2, 0) is 32.6 Å². The monoisotopic (exact) mass is 798 g/mol. The van der Waals surface area contributed by atoms with Crippen LogP contribution in [0.3, 0.4) is 0 Å². The number of aromatic nitrogens is 8. The molecule has 5 aromatic rings. The summed E-state index contributed by atoms with van der Waals surface area (Å²) in [5, 5.41) is 15.1. The summed E-state index contributed by atoms with van der Waals surface area (Å²) in [7, 11) is -5.14. The van der Waals surface area contributed by atoms with E-state index in [0.29, 0.717) is 11.2 Å². The number of benzene rings is 1. The van der Waals surface area contributed by atoms with Gasteiger partial charge in [-0.25, -0.2) is 28.9 Å². The Kier molecular flexibility index (Phi) is 9.77. The molecule has 3 fully saturated rings. The number of anilines is 2. The van der Waals surface area contributed by atoms with Crippen molar-refractivity contribution in [3.05, 3.63) is 65.2 Å². The topological polar surface area (TPSA) is 269 Å². The number of phosphoric ester groups is 1. The molecular weight excluding hydrogens is 762 g/mol. The Labute approximate surface area is 315 Å². The molecule has 296 valence electrons. The number of rotatable bonds is 12. The first-order valence-electron chi connectivity index (χ1n) is 17.5. The van der Waals surface area contributed by atoms with E-state index in [2.05, 4.69) is 40.5 Å². The fourth-order valence-corrected chi connectivity index (χ4v) is 7.87. The zero-order valence-corrected chi connectivity index (χ0v) is 30.8. The number of aliphatic hydroxyl groups excluding tert-OH is 1. The maximum Gasteiger partial charge on any atom is 0.472 e. The molecule has 8 rings (SSSR count). The molecule has 0 saturated carbocycles. The summed E-state index contributed by atoms with van der Waals surface area (Å²) in [5.41, 5.74) is -1.36. The van der Waals surface area contributed by atoms with Crippen LogP contribution in [0.2, 0.25) is 0 Å². The average molecular weight is 799 g/mol. The molecule has 5 N–H and O–H groups in total. The van der Waals surface area contributed by atoms with Gasteiger partial charge in [-0.05, 0) is 12.1 Å². The molecule has 1 aromatic carbocycles. The Balaban J connectivity index is 0.995. The molecule has 9 atom stereocenters. The molecule has 21 nitrogen and oxygen atoms in total. The highest BCUT2D eigenvalue weighted by molar-refractivity contribution is 7.47. The van der Waals surface area contributed by atoms with E-state index < -0.39 is 92.8 Å². The Morgan fingerprint density at radius 3 is 2.55 bits per heavy atom. The van der Waals surface area contributed by atoms with Crippen LogP contribution in [0.5, 0.6) is 0 Å². The van der Waals surface area contributed by atoms with Crippen molar-refractivity contribution in [3.63, 3.8) is 0 Å². The van der Waals surface area contributed by atoms with E-state index in [-0.39, 0.29) is 35.1 Å². The van der Waals surface area contributed by atoms with Crippen molar-refractivity contribution in [2.75, 3.05) is 30.5 Å². The molecular formula is C33H36FN10O11P. The van der Waals surface area contributed by atoms with Crippen LogP contribution >= 0.6 is 7.82 Å². The van der Waals surface area contributed by atoms with Gasteiger partial charge in [0.1, 0.15) is 30.2 Å². The molecule has 0 spiro atoms. The highest BCUT2D eigenvalue weighted by atomic mass is 31.2. The number of aromatic amines is 1. The van der Waals surface area contributed by atoms with Crippen molar-refractivity contribution in [3.8, 4) is 0 Å². The highest BCUT2D eigenvalue weighted by Crippen LogP contribution is 2.55. The number of nitrogens with one attached hydrogen (secondary N) is 3. The van der Waals surface area contributed by atoms with E-state index in [1.165, 1.54) is 12.7 Å². The molecule has 7 heterocycles. The molecule has 3 aliphatic rings. The van der Waals surface area contributed by atoms with Gasteiger partial charge in [0, 0.05) is 17.4 Å². The Bertz CT molecular complexity index is 2410. The molecule has 0 radical (unpaired) electrons. The zero-order chi connectivity index (χ0) is 39.5. The van der Waals surface area contributed by atoms with E-state index in [4.69, 9.17) is 23.3 Å². The second-order valence-corrected chi connectivity index (χ2v) is 15.3. The number of fused-ring (bicyclic) bond motifs is 4. The standard InChI is InChI=1S/C33H36FN10O11P/c1-15(2)27(46)41-32-40-26-21(29(48)42-32)38-14-44(26)30-23(19(34)18(9-45)53-30)55-56(49,50)52-11-33-10-51-22(16(33)3)31(54-33)43-13-37-20-24(35-12-36-25(20)43)39-28(47)17-7-5-4-6-8-17/h4-8,12-16,18-19,22-23,30-31,45H,9-11H2,1-3H3,(H,49,50)(H,35,36,39,47)(H2,40,41,42,46,48)/t16-,18+,19+,22+,23+,30+,31+,33+/m0/s1. The van der Waals surface area contributed by atoms with Crippen molar-refractivity contribution in [1.82, 2.24) is 39.0 Å². The normalized spacial score (nSPS) is 28.3. The molecule has 4 aromatic heterocycles. The second-order valence-electron chi connectivity index (χ2n) is 13.9. The minimum Gasteiger partial charge on any atom is -0.394 e. The van der Waals surface area contributed by atoms with Crippen LogP contribution in [0.15, 0.2) is 54.1 Å². The van der Waals surface area contributed by atoms with Crippen LogP contribution in [0.25, 0.3) is 22.3 Å². The summed E-state index contributed by atoms with van der Waals surface area (Å²) < 4.78 is 61.0. The molecule has 1 unspecified atom stereocenters. The number of halogens is 1. The fraction of sp³-hybridized carbons (Fsp3) is 0.455. The minimum atomic E-state index is -5.14. The number of carbonyl (C=O) groups is 2. The summed E-state index contributed by atoms with van der Waals surface area (Å²) in [4.78, 5) is 72.5. The lowest BCUT2D eigenvalue weighted by Crippen LogP contribution is -2.42. The van der Waals surface area contributed by atoms with Gasteiger partial charge in [0.25, 0.3) is 11.5 Å². The van der Waals surface area contributed by atoms with E-state index in [1.807, 2.05) is 6.92 Å². The minimum absolute atomic E-state index is 0.0280. The van der Waals surface area contributed by atoms with Gasteiger partial charge in [-0.15, -0.1) is 0 Å². The molecule has 0 aliphatic carbocycles. The summed E-state index contributed by atoms with van der Waals surface area (Å²) in [5.74, 6) is -1.76. The molecule has 2 amide bonds. The van der Waals surface area contributed by atoms with Crippen molar-refractivity contribution >= 4 is 53.7 Å². The van der Waals surface area contributed by atoms with Crippen molar-refractivity contribution < 1.29 is 51.8 Å². The van der Waals surface area contributed by atoms with Crippen LogP contribution in [-0.4, -0.2) is 111 Å². The number of hydrogen-bond donors (Lipinski definition) is 5. The molecule has 3 aliphatic heterocycles. The van der Waals surface area contributed by atoms with E-state index >= 15 is 4.39 Å². The summed E-state index contributed by atoms with van der Waals surface area (Å²) in [6.45, 7) is 3.69. The lowest BCUT2D eigenvalue weighted by Gasteiger charge is -2.32. The first-order chi connectivity index (χ1) is 26.8. The molecule has 3 saturated heterocycles. The fourth-order valence-electron chi connectivity index (χ4n) is 6.90. The SMILES string of the molecule is CC(C)C(=O)Nc1nc2c(ncn2[C@@H]2O[C@H](CO)[C@@H](F)[C@H]2OP(=O)(O)OC[C@@]23CO[C@@H]([C@H](n4cnc5c(NC(=O)c6ccccc6)ncnc54)O2)[C@@H]3C)c(=O)[nH]1. The Morgan fingerprint density at radius 1 is 1.09 bits per heavy atom. The number of alkyl halides is 1. The summed E-state index contributed by atoms with van der Waals surface area (Å²) >= 11 is 0. The van der Waals surface area contributed by atoms with Gasteiger partial charge in [0.15, 0.2) is 46.8 Å².